The van der Waals surface area contributed by atoms with Gasteiger partial charge in [0.05, 0.1) is 7.11 Å². The zero-order valence-electron chi connectivity index (χ0n) is 11.5. The molecule has 2 heteroatoms. The summed E-state index contributed by atoms with van der Waals surface area (Å²) in [5, 5.41) is 9.32. The first-order chi connectivity index (χ1) is 9.81. The highest BCUT2D eigenvalue weighted by molar-refractivity contribution is 5.79. The molecule has 0 atom stereocenters. The van der Waals surface area contributed by atoms with E-state index in [1.807, 2.05) is 36.4 Å². The van der Waals surface area contributed by atoms with E-state index in [0.29, 0.717) is 6.42 Å². The van der Waals surface area contributed by atoms with Crippen LogP contribution in [0, 0.1) is 0 Å². The molecule has 102 valence electrons. The number of hydrogen-bond acceptors (Lipinski definition) is 2. The van der Waals surface area contributed by atoms with Gasteiger partial charge >= 0.3 is 0 Å². The number of hydrogen-bond donors (Lipinski definition) is 1. The first-order valence-electron chi connectivity index (χ1n) is 6.55. The molecule has 0 aliphatic carbocycles. The van der Waals surface area contributed by atoms with Gasteiger partial charge in [-0.25, -0.2) is 0 Å². The number of ether oxygens (including phenoxy) is 1. The Morgan fingerprint density at radius 1 is 0.900 bits per heavy atom. The summed E-state index contributed by atoms with van der Waals surface area (Å²) in [6.45, 7) is 0. The minimum absolute atomic E-state index is 0.0540. The second-order valence-electron chi connectivity index (χ2n) is 4.33. The van der Waals surface area contributed by atoms with Crippen LogP contribution >= 0.6 is 0 Å². The van der Waals surface area contributed by atoms with Crippen LogP contribution in [0.1, 0.15) is 17.5 Å². The molecule has 20 heavy (non-hydrogen) atoms. The van der Waals surface area contributed by atoms with Crippen LogP contribution in [-0.2, 0) is 4.74 Å². The number of rotatable bonds is 5. The Bertz CT molecular complexity index is 542. The Hall–Kier alpha value is -2.48. The third-order valence-corrected chi connectivity index (χ3v) is 2.99. The fraction of sp³-hybridized carbons (Fsp3) is 0.111. The van der Waals surface area contributed by atoms with E-state index < -0.39 is 0 Å². The standard InChI is InChI=1S/C18H18O2/c1-20-18(19)14-8-13-17(15-9-4-2-5-10-15)16-11-6-3-7-12-16/h2-7,9-14,19H,8H2,1H3/b18-14+. The van der Waals surface area contributed by atoms with Crippen molar-refractivity contribution in [2.45, 2.75) is 6.42 Å². The summed E-state index contributed by atoms with van der Waals surface area (Å²) in [7, 11) is 1.45. The highest BCUT2D eigenvalue weighted by atomic mass is 16.6. The normalized spacial score (nSPS) is 10.9. The molecule has 2 rings (SSSR count). The van der Waals surface area contributed by atoms with Gasteiger partial charge in [0, 0.05) is 0 Å². The van der Waals surface area contributed by atoms with E-state index in [9.17, 15) is 5.11 Å². The van der Waals surface area contributed by atoms with Gasteiger partial charge in [-0.1, -0.05) is 66.7 Å². The number of allylic oxidation sites excluding steroid dienone is 2. The van der Waals surface area contributed by atoms with E-state index in [4.69, 9.17) is 4.74 Å². The molecule has 0 unspecified atom stereocenters. The van der Waals surface area contributed by atoms with Crippen molar-refractivity contribution in [1.29, 1.82) is 0 Å². The predicted molar refractivity (Wildman–Crippen MR) is 82.3 cm³/mol. The average molecular weight is 266 g/mol. The van der Waals surface area contributed by atoms with E-state index in [1.165, 1.54) is 7.11 Å². The van der Waals surface area contributed by atoms with Crippen LogP contribution < -0.4 is 0 Å². The topological polar surface area (TPSA) is 29.5 Å². The predicted octanol–water partition coefficient (Wildman–Crippen LogP) is 4.55. The molecular formula is C18H18O2. The molecule has 0 aromatic heterocycles. The Balaban J connectivity index is 2.33. The molecule has 0 aliphatic heterocycles. The molecule has 2 nitrogen and oxygen atoms in total. The minimum atomic E-state index is -0.0540. The van der Waals surface area contributed by atoms with Crippen LogP contribution in [0.5, 0.6) is 0 Å². The van der Waals surface area contributed by atoms with Gasteiger partial charge in [0.1, 0.15) is 0 Å². The summed E-state index contributed by atoms with van der Waals surface area (Å²) < 4.78 is 4.73. The van der Waals surface area contributed by atoms with E-state index in [0.717, 1.165) is 16.7 Å². The minimum Gasteiger partial charge on any atom is -0.481 e. The molecule has 2 aromatic carbocycles. The van der Waals surface area contributed by atoms with E-state index in [-0.39, 0.29) is 5.95 Å². The van der Waals surface area contributed by atoms with Crippen molar-refractivity contribution < 1.29 is 9.84 Å². The summed E-state index contributed by atoms with van der Waals surface area (Å²) in [5.41, 5.74) is 3.46. The van der Waals surface area contributed by atoms with Crippen molar-refractivity contribution in [3.63, 3.8) is 0 Å². The third kappa shape index (κ3) is 3.75. The Morgan fingerprint density at radius 3 is 1.85 bits per heavy atom. The molecular weight excluding hydrogens is 248 g/mol. The highest BCUT2D eigenvalue weighted by Gasteiger charge is 2.03. The summed E-state index contributed by atoms with van der Waals surface area (Å²) in [5.74, 6) is -0.0540. The molecule has 0 amide bonds. The molecule has 0 saturated carbocycles. The first kappa shape index (κ1) is 13.9. The Labute approximate surface area is 119 Å². The molecule has 0 radical (unpaired) electrons. The second kappa shape index (κ2) is 7.19. The Kier molecular flexibility index (Phi) is 5.01. The molecule has 0 spiro atoms. The van der Waals surface area contributed by atoms with Gasteiger partial charge in [-0.05, 0) is 29.2 Å². The third-order valence-electron chi connectivity index (χ3n) is 2.99. The van der Waals surface area contributed by atoms with Gasteiger partial charge in [-0.15, -0.1) is 0 Å². The maximum Gasteiger partial charge on any atom is 0.272 e. The van der Waals surface area contributed by atoms with Crippen molar-refractivity contribution in [2.24, 2.45) is 0 Å². The Morgan fingerprint density at radius 2 is 1.40 bits per heavy atom. The smallest absolute Gasteiger partial charge is 0.272 e. The lowest BCUT2D eigenvalue weighted by Crippen LogP contribution is -1.88. The lowest BCUT2D eigenvalue weighted by molar-refractivity contribution is 0.135. The number of methoxy groups -OCH3 is 1. The maximum atomic E-state index is 9.32. The molecule has 0 fully saturated rings. The van der Waals surface area contributed by atoms with E-state index in [2.05, 4.69) is 30.3 Å². The van der Waals surface area contributed by atoms with Crippen molar-refractivity contribution in [2.75, 3.05) is 7.11 Å². The van der Waals surface area contributed by atoms with Crippen molar-refractivity contribution >= 4 is 5.57 Å². The van der Waals surface area contributed by atoms with Crippen LogP contribution in [0.4, 0.5) is 0 Å². The maximum absolute atomic E-state index is 9.32. The highest BCUT2D eigenvalue weighted by Crippen LogP contribution is 2.23. The van der Waals surface area contributed by atoms with Crippen LogP contribution in [0.15, 0.2) is 78.8 Å². The van der Waals surface area contributed by atoms with Crippen molar-refractivity contribution in [1.82, 2.24) is 0 Å². The zero-order chi connectivity index (χ0) is 14.2. The lowest BCUT2D eigenvalue weighted by atomic mass is 9.97. The van der Waals surface area contributed by atoms with Gasteiger partial charge in [-0.2, -0.15) is 0 Å². The average Bonchev–Trinajstić information content (AvgIpc) is 2.53. The summed E-state index contributed by atoms with van der Waals surface area (Å²) >= 11 is 0. The number of benzene rings is 2. The van der Waals surface area contributed by atoms with Crippen molar-refractivity contribution in [3.8, 4) is 0 Å². The number of aliphatic hydroxyl groups is 1. The monoisotopic (exact) mass is 266 g/mol. The zero-order valence-corrected chi connectivity index (χ0v) is 11.5. The molecule has 0 heterocycles. The largest absolute Gasteiger partial charge is 0.481 e. The lowest BCUT2D eigenvalue weighted by Gasteiger charge is -2.08. The molecule has 1 N–H and O–H groups in total. The summed E-state index contributed by atoms with van der Waals surface area (Å²) in [4.78, 5) is 0. The molecule has 2 aromatic rings. The van der Waals surface area contributed by atoms with Gasteiger partial charge < -0.3 is 9.84 Å². The molecule has 0 bridgehead atoms. The van der Waals surface area contributed by atoms with E-state index >= 15 is 0 Å². The van der Waals surface area contributed by atoms with Gasteiger partial charge in [0.2, 0.25) is 0 Å². The number of aliphatic hydroxyl groups excluding tert-OH is 1. The molecule has 0 saturated heterocycles. The van der Waals surface area contributed by atoms with Gasteiger partial charge in [0.25, 0.3) is 5.95 Å². The fourth-order valence-corrected chi connectivity index (χ4v) is 2.00. The van der Waals surface area contributed by atoms with Crippen molar-refractivity contribution in [3.05, 3.63) is 89.9 Å². The van der Waals surface area contributed by atoms with Crippen LogP contribution in [0.3, 0.4) is 0 Å². The van der Waals surface area contributed by atoms with Crippen LogP contribution in [-0.4, -0.2) is 12.2 Å². The SMILES string of the molecule is CO/C(O)=C/CC=C(c1ccccc1)c1ccccc1. The van der Waals surface area contributed by atoms with Crippen LogP contribution in [0.25, 0.3) is 5.57 Å². The second-order valence-corrected chi connectivity index (χ2v) is 4.33. The summed E-state index contributed by atoms with van der Waals surface area (Å²) in [6.07, 6.45) is 4.34. The fourth-order valence-electron chi connectivity index (χ4n) is 2.00. The van der Waals surface area contributed by atoms with Gasteiger partial charge in [-0.3, -0.25) is 0 Å². The van der Waals surface area contributed by atoms with E-state index in [1.54, 1.807) is 6.08 Å². The summed E-state index contributed by atoms with van der Waals surface area (Å²) in [6, 6.07) is 20.4. The van der Waals surface area contributed by atoms with Crippen LogP contribution in [0.2, 0.25) is 0 Å². The first-order valence-corrected chi connectivity index (χ1v) is 6.55. The van der Waals surface area contributed by atoms with Gasteiger partial charge in [0.15, 0.2) is 0 Å². The quantitative estimate of drug-likeness (QED) is 0.804. The molecule has 0 aliphatic rings.